The van der Waals surface area contributed by atoms with Gasteiger partial charge in [0.05, 0.1) is 0 Å². The number of carbonyl (C=O) groups excluding carboxylic acids is 1. The number of carbonyl (C=O) groups is 1. The van der Waals surface area contributed by atoms with Gasteiger partial charge in [-0.3, -0.25) is 0 Å². The Kier molecular flexibility index (Phi) is 3.71. The molecular weight excluding hydrogens is 330 g/mol. The molecule has 0 unspecified atom stereocenters. The highest BCUT2D eigenvalue weighted by atomic mass is 79.9. The predicted molar refractivity (Wildman–Crippen MR) is 85.9 cm³/mol. The summed E-state index contributed by atoms with van der Waals surface area (Å²) in [5, 5.41) is 0. The average molecular weight is 342 g/mol. The van der Waals surface area contributed by atoms with Gasteiger partial charge >= 0.3 is 5.97 Å². The van der Waals surface area contributed by atoms with Gasteiger partial charge in [0, 0.05) is 10.0 Å². The smallest absolute Gasteiger partial charge is 0.363 e. The number of cyclic esters (lactones) is 1. The second-order valence-electron chi connectivity index (χ2n) is 4.76. The van der Waals surface area contributed by atoms with Crippen LogP contribution in [0.3, 0.4) is 0 Å². The molecule has 0 fully saturated rings. The van der Waals surface area contributed by atoms with Gasteiger partial charge in [0.2, 0.25) is 5.90 Å². The van der Waals surface area contributed by atoms with E-state index in [0.717, 1.165) is 21.2 Å². The third-order valence-electron chi connectivity index (χ3n) is 3.04. The van der Waals surface area contributed by atoms with Crippen LogP contribution in [-0.4, -0.2) is 11.9 Å². The third-order valence-corrected chi connectivity index (χ3v) is 3.53. The van der Waals surface area contributed by atoms with Crippen molar-refractivity contribution in [1.29, 1.82) is 0 Å². The quantitative estimate of drug-likeness (QED) is 0.609. The van der Waals surface area contributed by atoms with Gasteiger partial charge < -0.3 is 4.74 Å². The lowest BCUT2D eigenvalue weighted by atomic mass is 10.1. The van der Waals surface area contributed by atoms with Gasteiger partial charge in [0.1, 0.15) is 0 Å². The molecule has 0 aromatic heterocycles. The van der Waals surface area contributed by atoms with Crippen LogP contribution in [0.4, 0.5) is 0 Å². The molecule has 0 amide bonds. The van der Waals surface area contributed by atoms with E-state index < -0.39 is 5.97 Å². The molecule has 1 heterocycles. The molecule has 1 aliphatic heterocycles. The van der Waals surface area contributed by atoms with Crippen molar-refractivity contribution >= 4 is 33.9 Å². The van der Waals surface area contributed by atoms with Crippen LogP contribution in [-0.2, 0) is 9.53 Å². The topological polar surface area (TPSA) is 38.7 Å². The Morgan fingerprint density at radius 2 is 1.95 bits per heavy atom. The van der Waals surface area contributed by atoms with E-state index in [1.165, 1.54) is 0 Å². The average Bonchev–Trinajstić information content (AvgIpc) is 2.80. The molecule has 21 heavy (non-hydrogen) atoms. The second-order valence-corrected chi connectivity index (χ2v) is 5.68. The number of esters is 1. The summed E-state index contributed by atoms with van der Waals surface area (Å²) in [5.74, 6) is -0.0728. The highest BCUT2D eigenvalue weighted by Crippen LogP contribution is 2.21. The summed E-state index contributed by atoms with van der Waals surface area (Å²) >= 11 is 3.40. The number of benzene rings is 2. The number of hydrogen-bond acceptors (Lipinski definition) is 3. The van der Waals surface area contributed by atoms with E-state index in [2.05, 4.69) is 20.9 Å². The molecule has 0 saturated heterocycles. The summed E-state index contributed by atoms with van der Waals surface area (Å²) < 4.78 is 6.20. The summed E-state index contributed by atoms with van der Waals surface area (Å²) in [5.41, 5.74) is 3.10. The molecule has 3 rings (SSSR count). The van der Waals surface area contributed by atoms with Gasteiger partial charge in [-0.2, -0.15) is 0 Å². The molecule has 0 aliphatic carbocycles. The van der Waals surface area contributed by atoms with Crippen molar-refractivity contribution in [3.05, 3.63) is 75.4 Å². The Labute approximate surface area is 131 Å². The van der Waals surface area contributed by atoms with E-state index in [0.29, 0.717) is 11.6 Å². The van der Waals surface area contributed by atoms with Gasteiger partial charge in [0.25, 0.3) is 0 Å². The van der Waals surface area contributed by atoms with Crippen LogP contribution in [0.25, 0.3) is 6.08 Å². The maximum atomic E-state index is 11.9. The highest BCUT2D eigenvalue weighted by molar-refractivity contribution is 9.10. The first-order valence-electron chi connectivity index (χ1n) is 6.47. The fraction of sp³-hybridized carbons (Fsp3) is 0.0588. The van der Waals surface area contributed by atoms with Gasteiger partial charge in [-0.05, 0) is 42.8 Å². The van der Waals surface area contributed by atoms with Crippen molar-refractivity contribution in [2.45, 2.75) is 6.92 Å². The molecule has 3 nitrogen and oxygen atoms in total. The summed E-state index contributed by atoms with van der Waals surface area (Å²) in [7, 11) is 0. The molecule has 0 radical (unpaired) electrons. The van der Waals surface area contributed by atoms with Crippen LogP contribution in [0.5, 0.6) is 0 Å². The van der Waals surface area contributed by atoms with Gasteiger partial charge in [-0.25, -0.2) is 9.79 Å². The summed E-state index contributed by atoms with van der Waals surface area (Å²) in [6, 6.07) is 15.4. The van der Waals surface area contributed by atoms with E-state index in [4.69, 9.17) is 4.74 Å². The lowest BCUT2D eigenvalue weighted by Gasteiger charge is -1.99. The Hall–Kier alpha value is -2.20. The van der Waals surface area contributed by atoms with Crippen LogP contribution < -0.4 is 0 Å². The van der Waals surface area contributed by atoms with Crippen molar-refractivity contribution in [3.63, 3.8) is 0 Å². The maximum Gasteiger partial charge on any atom is 0.363 e. The number of halogens is 1. The lowest BCUT2D eigenvalue weighted by Crippen LogP contribution is -2.05. The zero-order valence-electron chi connectivity index (χ0n) is 11.3. The van der Waals surface area contributed by atoms with E-state index in [1.54, 1.807) is 6.08 Å². The molecule has 2 aromatic rings. The van der Waals surface area contributed by atoms with Crippen LogP contribution in [0, 0.1) is 6.92 Å². The van der Waals surface area contributed by atoms with Crippen molar-refractivity contribution in [1.82, 2.24) is 0 Å². The largest absolute Gasteiger partial charge is 0.402 e. The van der Waals surface area contributed by atoms with E-state index in [1.807, 2.05) is 55.5 Å². The Morgan fingerprint density at radius 1 is 1.14 bits per heavy atom. The summed E-state index contributed by atoms with van der Waals surface area (Å²) in [6.45, 7) is 1.99. The van der Waals surface area contributed by atoms with E-state index in [-0.39, 0.29) is 0 Å². The SMILES string of the molecule is Cc1cccc(C2=NC(=Cc3cccc(Br)c3)C(=O)O2)c1. The number of rotatable bonds is 2. The highest BCUT2D eigenvalue weighted by Gasteiger charge is 2.24. The first kappa shape index (κ1) is 13.8. The second kappa shape index (κ2) is 5.66. The number of nitrogens with zero attached hydrogens (tertiary/aromatic N) is 1. The zero-order valence-corrected chi connectivity index (χ0v) is 12.9. The maximum absolute atomic E-state index is 11.9. The van der Waals surface area contributed by atoms with Crippen LogP contribution >= 0.6 is 15.9 Å². The van der Waals surface area contributed by atoms with Crippen molar-refractivity contribution in [2.75, 3.05) is 0 Å². The minimum absolute atomic E-state index is 0.310. The first-order valence-corrected chi connectivity index (χ1v) is 7.26. The molecular formula is C17H12BrNO2. The molecule has 1 aliphatic rings. The van der Waals surface area contributed by atoms with Crippen LogP contribution in [0.15, 0.2) is 63.7 Å². The summed E-state index contributed by atoms with van der Waals surface area (Å²) in [4.78, 5) is 16.2. The Bertz CT molecular complexity index is 778. The molecule has 0 N–H and O–H groups in total. The number of hydrogen-bond donors (Lipinski definition) is 0. The minimum atomic E-state index is -0.425. The molecule has 0 atom stereocenters. The normalized spacial score (nSPS) is 16.0. The number of aliphatic imine (C=N–C) groups is 1. The Balaban J connectivity index is 1.95. The standard InChI is InChI=1S/C17H12BrNO2/c1-11-4-2-6-13(8-11)16-19-15(17(20)21-16)10-12-5-3-7-14(18)9-12/h2-10H,1H3. The zero-order chi connectivity index (χ0) is 14.8. The van der Waals surface area contributed by atoms with E-state index in [9.17, 15) is 4.79 Å². The molecule has 0 saturated carbocycles. The van der Waals surface area contributed by atoms with Crippen LogP contribution in [0.2, 0.25) is 0 Å². The van der Waals surface area contributed by atoms with Crippen molar-refractivity contribution in [2.24, 2.45) is 4.99 Å². The van der Waals surface area contributed by atoms with Crippen LogP contribution in [0.1, 0.15) is 16.7 Å². The molecule has 2 aromatic carbocycles. The monoisotopic (exact) mass is 341 g/mol. The third kappa shape index (κ3) is 3.11. The van der Waals surface area contributed by atoms with E-state index >= 15 is 0 Å². The minimum Gasteiger partial charge on any atom is -0.402 e. The fourth-order valence-corrected chi connectivity index (χ4v) is 2.48. The number of aryl methyl sites for hydroxylation is 1. The molecule has 104 valence electrons. The molecule has 0 spiro atoms. The first-order chi connectivity index (χ1) is 10.1. The number of ether oxygens (including phenoxy) is 1. The lowest BCUT2D eigenvalue weighted by molar-refractivity contribution is -0.129. The van der Waals surface area contributed by atoms with Gasteiger partial charge in [-0.1, -0.05) is 45.8 Å². The van der Waals surface area contributed by atoms with Crippen molar-refractivity contribution < 1.29 is 9.53 Å². The Morgan fingerprint density at radius 3 is 2.71 bits per heavy atom. The fourth-order valence-electron chi connectivity index (χ4n) is 2.06. The predicted octanol–water partition coefficient (Wildman–Crippen LogP) is 4.10. The summed E-state index contributed by atoms with van der Waals surface area (Å²) in [6.07, 6.45) is 1.72. The van der Waals surface area contributed by atoms with Gasteiger partial charge in [0.15, 0.2) is 5.70 Å². The van der Waals surface area contributed by atoms with Crippen molar-refractivity contribution in [3.8, 4) is 0 Å². The van der Waals surface area contributed by atoms with Gasteiger partial charge in [-0.15, -0.1) is 0 Å². The molecule has 0 bridgehead atoms. The molecule has 4 heteroatoms.